The second kappa shape index (κ2) is 9.77. The van der Waals surface area contributed by atoms with Crippen molar-refractivity contribution < 1.29 is 4.74 Å². The van der Waals surface area contributed by atoms with Gasteiger partial charge < -0.3 is 9.30 Å². The molecular formula is C24H34N2O. The Balaban J connectivity index is 1.83. The quantitative estimate of drug-likeness (QED) is 0.499. The smallest absolute Gasteiger partial charge is 0.122 e. The van der Waals surface area contributed by atoms with E-state index in [-0.39, 0.29) is 0 Å². The summed E-state index contributed by atoms with van der Waals surface area (Å²) in [4.78, 5) is 4.35. The second-order valence-corrected chi connectivity index (χ2v) is 7.63. The zero-order valence-corrected chi connectivity index (χ0v) is 17.3. The van der Waals surface area contributed by atoms with Gasteiger partial charge in [0.1, 0.15) is 11.6 Å². The summed E-state index contributed by atoms with van der Waals surface area (Å²) in [5, 5.41) is 0. The normalized spacial score (nSPS) is 14.3. The Morgan fingerprint density at radius 1 is 1.15 bits per heavy atom. The van der Waals surface area contributed by atoms with Gasteiger partial charge in [0, 0.05) is 18.9 Å². The van der Waals surface area contributed by atoms with Crippen molar-refractivity contribution in [2.75, 3.05) is 6.61 Å². The Labute approximate surface area is 164 Å². The van der Waals surface area contributed by atoms with E-state index in [1.54, 1.807) is 0 Å². The van der Waals surface area contributed by atoms with Gasteiger partial charge in [-0.15, -0.1) is 0 Å². The summed E-state index contributed by atoms with van der Waals surface area (Å²) in [6.45, 7) is 8.32. The Bertz CT molecular complexity index is 773. The van der Waals surface area contributed by atoms with Gasteiger partial charge in [-0.3, -0.25) is 0 Å². The lowest BCUT2D eigenvalue weighted by molar-refractivity contribution is 0.302. The van der Waals surface area contributed by atoms with Gasteiger partial charge in [-0.25, -0.2) is 4.98 Å². The maximum absolute atomic E-state index is 6.16. The van der Waals surface area contributed by atoms with Crippen LogP contribution in [0.2, 0.25) is 0 Å². The molecule has 0 bridgehead atoms. The highest BCUT2D eigenvalue weighted by Crippen LogP contribution is 2.34. The van der Waals surface area contributed by atoms with E-state index in [4.69, 9.17) is 4.74 Å². The van der Waals surface area contributed by atoms with Crippen molar-refractivity contribution in [2.24, 2.45) is 0 Å². The van der Waals surface area contributed by atoms with Crippen LogP contribution in [0.4, 0.5) is 0 Å². The fourth-order valence-electron chi connectivity index (χ4n) is 3.94. The number of ether oxygens (including phenoxy) is 1. The van der Waals surface area contributed by atoms with Crippen LogP contribution in [0.15, 0.2) is 30.1 Å². The van der Waals surface area contributed by atoms with Crippen molar-refractivity contribution in [3.63, 3.8) is 0 Å². The zero-order chi connectivity index (χ0) is 19.1. The van der Waals surface area contributed by atoms with Crippen LogP contribution in [0, 0.1) is 6.92 Å². The van der Waals surface area contributed by atoms with Crippen molar-refractivity contribution in [1.29, 1.82) is 0 Å². The molecule has 0 amide bonds. The molecule has 1 aliphatic rings. The highest BCUT2D eigenvalue weighted by atomic mass is 16.5. The number of fused-ring (bicyclic) bond motifs is 1. The molecule has 1 heterocycles. The van der Waals surface area contributed by atoms with E-state index in [1.807, 2.05) is 6.20 Å². The first-order valence-corrected chi connectivity index (χ1v) is 10.7. The van der Waals surface area contributed by atoms with E-state index in [9.17, 15) is 0 Å². The fraction of sp³-hybridized carbons (Fsp3) is 0.542. The molecular weight excluding hydrogens is 332 g/mol. The SMILES string of the molecule is CCCCCOc1ccc(/C=C(\CC)Cn2ccnc2C)c2c1CCCC2. The molecule has 0 fully saturated rings. The number of allylic oxidation sites excluding steroid dienone is 1. The van der Waals surface area contributed by atoms with Crippen molar-refractivity contribution in [2.45, 2.75) is 78.7 Å². The molecule has 3 heteroatoms. The van der Waals surface area contributed by atoms with Crippen LogP contribution in [-0.2, 0) is 19.4 Å². The number of hydrogen-bond donors (Lipinski definition) is 0. The van der Waals surface area contributed by atoms with Crippen LogP contribution in [0.5, 0.6) is 5.75 Å². The topological polar surface area (TPSA) is 27.1 Å². The van der Waals surface area contributed by atoms with Crippen molar-refractivity contribution in [1.82, 2.24) is 9.55 Å². The summed E-state index contributed by atoms with van der Waals surface area (Å²) < 4.78 is 8.39. The molecule has 0 N–H and O–H groups in total. The van der Waals surface area contributed by atoms with Crippen LogP contribution < -0.4 is 4.74 Å². The molecule has 146 valence electrons. The van der Waals surface area contributed by atoms with Crippen molar-refractivity contribution >= 4 is 6.08 Å². The third kappa shape index (κ3) is 5.03. The van der Waals surface area contributed by atoms with E-state index >= 15 is 0 Å². The molecule has 0 saturated heterocycles. The summed E-state index contributed by atoms with van der Waals surface area (Å²) in [7, 11) is 0. The van der Waals surface area contributed by atoms with Crippen LogP contribution in [0.3, 0.4) is 0 Å². The number of benzene rings is 1. The number of hydrogen-bond acceptors (Lipinski definition) is 2. The Morgan fingerprint density at radius 3 is 2.67 bits per heavy atom. The molecule has 0 spiro atoms. The maximum atomic E-state index is 6.16. The molecule has 0 saturated carbocycles. The first-order chi connectivity index (χ1) is 13.2. The monoisotopic (exact) mass is 366 g/mol. The molecule has 3 nitrogen and oxygen atoms in total. The highest BCUT2D eigenvalue weighted by molar-refractivity contribution is 5.62. The van der Waals surface area contributed by atoms with Gasteiger partial charge in [0.25, 0.3) is 0 Å². The summed E-state index contributed by atoms with van der Waals surface area (Å²) in [5.74, 6) is 2.20. The highest BCUT2D eigenvalue weighted by Gasteiger charge is 2.17. The number of unbranched alkanes of at least 4 members (excludes halogenated alkanes) is 2. The molecule has 1 aromatic carbocycles. The van der Waals surface area contributed by atoms with Crippen molar-refractivity contribution in [3.8, 4) is 5.75 Å². The predicted octanol–water partition coefficient (Wildman–Crippen LogP) is 6.13. The number of rotatable bonds is 9. The van der Waals surface area contributed by atoms with E-state index in [0.29, 0.717) is 0 Å². The Morgan fingerprint density at radius 2 is 1.96 bits per heavy atom. The van der Waals surface area contributed by atoms with Gasteiger partial charge in [-0.2, -0.15) is 0 Å². The minimum atomic E-state index is 0.843. The Kier molecular flexibility index (Phi) is 7.14. The average molecular weight is 367 g/mol. The summed E-state index contributed by atoms with van der Waals surface area (Å²) in [6.07, 6.45) is 15.9. The fourth-order valence-corrected chi connectivity index (χ4v) is 3.94. The van der Waals surface area contributed by atoms with Gasteiger partial charge >= 0.3 is 0 Å². The molecule has 0 atom stereocenters. The number of nitrogens with zero attached hydrogens (tertiary/aromatic N) is 2. The van der Waals surface area contributed by atoms with Crippen LogP contribution in [0.25, 0.3) is 6.08 Å². The number of aromatic nitrogens is 2. The Hall–Kier alpha value is -2.03. The van der Waals surface area contributed by atoms with Crippen LogP contribution >= 0.6 is 0 Å². The lowest BCUT2D eigenvalue weighted by Crippen LogP contribution is -2.09. The van der Waals surface area contributed by atoms with Gasteiger partial charge in [-0.05, 0) is 68.2 Å². The molecule has 2 aromatic rings. The first-order valence-electron chi connectivity index (χ1n) is 10.7. The van der Waals surface area contributed by atoms with E-state index < -0.39 is 0 Å². The third-order valence-electron chi connectivity index (χ3n) is 5.64. The van der Waals surface area contributed by atoms with Gasteiger partial charge in [0.15, 0.2) is 0 Å². The summed E-state index contributed by atoms with van der Waals surface area (Å²) in [5.41, 5.74) is 5.81. The van der Waals surface area contributed by atoms with E-state index in [2.05, 4.69) is 54.7 Å². The summed E-state index contributed by atoms with van der Waals surface area (Å²) in [6, 6.07) is 4.48. The number of aryl methyl sites for hydroxylation is 1. The molecule has 0 aliphatic heterocycles. The predicted molar refractivity (Wildman–Crippen MR) is 113 cm³/mol. The molecule has 0 radical (unpaired) electrons. The molecule has 1 aromatic heterocycles. The largest absolute Gasteiger partial charge is 0.493 e. The van der Waals surface area contributed by atoms with E-state index in [0.717, 1.165) is 44.0 Å². The van der Waals surface area contributed by atoms with Crippen molar-refractivity contribution in [3.05, 3.63) is 52.6 Å². The molecule has 3 rings (SSSR count). The van der Waals surface area contributed by atoms with Gasteiger partial charge in [-0.1, -0.05) is 44.4 Å². The standard InChI is InChI=1S/C24H34N2O/c1-4-6-9-16-27-24-13-12-21(22-10-7-8-11-23(22)24)17-20(5-2)18-26-15-14-25-19(26)3/h12-15,17H,4-11,16,18H2,1-3H3/b20-17+. The summed E-state index contributed by atoms with van der Waals surface area (Å²) >= 11 is 0. The van der Waals surface area contributed by atoms with Crippen LogP contribution in [0.1, 0.15) is 74.9 Å². The zero-order valence-electron chi connectivity index (χ0n) is 17.3. The van der Waals surface area contributed by atoms with Crippen LogP contribution in [-0.4, -0.2) is 16.2 Å². The third-order valence-corrected chi connectivity index (χ3v) is 5.64. The lowest BCUT2D eigenvalue weighted by atomic mass is 9.86. The number of imidazole rings is 1. The maximum Gasteiger partial charge on any atom is 0.122 e. The molecule has 1 aliphatic carbocycles. The minimum absolute atomic E-state index is 0.843. The van der Waals surface area contributed by atoms with Gasteiger partial charge in [0.05, 0.1) is 6.61 Å². The minimum Gasteiger partial charge on any atom is -0.493 e. The van der Waals surface area contributed by atoms with Gasteiger partial charge in [0.2, 0.25) is 0 Å². The molecule has 27 heavy (non-hydrogen) atoms. The lowest BCUT2D eigenvalue weighted by Gasteiger charge is -2.22. The second-order valence-electron chi connectivity index (χ2n) is 7.63. The van der Waals surface area contributed by atoms with E-state index in [1.165, 1.54) is 54.4 Å². The molecule has 0 unspecified atom stereocenters. The average Bonchev–Trinajstić information content (AvgIpc) is 3.10. The first kappa shape index (κ1) is 19.7.